The number of benzene rings is 1. The van der Waals surface area contributed by atoms with Crippen molar-refractivity contribution < 1.29 is 27.9 Å². The number of halogens is 2. The fourth-order valence-corrected chi connectivity index (χ4v) is 4.48. The number of rotatable bonds is 8. The van der Waals surface area contributed by atoms with Crippen LogP contribution in [0.5, 0.6) is 0 Å². The average molecular weight is 626 g/mol. The highest BCUT2D eigenvalue weighted by Crippen LogP contribution is 2.30. The number of aromatic nitrogens is 3. The van der Waals surface area contributed by atoms with Crippen LogP contribution in [0.2, 0.25) is 0 Å². The number of methoxy groups -OCH3 is 1. The van der Waals surface area contributed by atoms with E-state index in [1.807, 2.05) is 47.0 Å². The number of ether oxygens (including phenoxy) is 1. The van der Waals surface area contributed by atoms with Gasteiger partial charge in [-0.15, -0.1) is 12.8 Å². The number of pyridine rings is 1. The van der Waals surface area contributed by atoms with Crippen molar-refractivity contribution in [1.29, 1.82) is 0 Å². The van der Waals surface area contributed by atoms with Gasteiger partial charge in [0.1, 0.15) is 5.82 Å². The molecule has 4 heterocycles. The normalized spacial score (nSPS) is 15.6. The molecular weight excluding hydrogens is 584 g/mol. The summed E-state index contributed by atoms with van der Waals surface area (Å²) in [6, 6.07) is 12.6. The van der Waals surface area contributed by atoms with Gasteiger partial charge in [-0.1, -0.05) is 24.3 Å². The molecule has 1 atom stereocenters. The zero-order valence-corrected chi connectivity index (χ0v) is 26.1. The van der Waals surface area contributed by atoms with E-state index in [-0.39, 0.29) is 11.9 Å². The molecule has 1 aromatic carbocycles. The van der Waals surface area contributed by atoms with E-state index >= 15 is 0 Å². The third-order valence-electron chi connectivity index (χ3n) is 6.76. The van der Waals surface area contributed by atoms with Crippen LogP contribution in [-0.2, 0) is 19.2 Å². The largest absolute Gasteiger partial charge is 0.383 e. The molecule has 5 rings (SSSR count). The predicted octanol–water partition coefficient (Wildman–Crippen LogP) is 3.46. The molecule has 11 nitrogen and oxygen atoms in total. The molecule has 2 amide bonds. The third kappa shape index (κ3) is 11.1. The molecule has 0 radical (unpaired) electrons. The minimum Gasteiger partial charge on any atom is -0.383 e. The number of carbonyl (C=O) groups excluding carboxylic acids is 2. The van der Waals surface area contributed by atoms with Crippen molar-refractivity contribution in [2.45, 2.75) is 26.3 Å². The summed E-state index contributed by atoms with van der Waals surface area (Å²) in [6.45, 7) is 7.82. The fraction of sp³-hybridized carbons (Fsp3) is 0.375. The average Bonchev–Trinajstić information content (AvgIpc) is 3.67. The lowest BCUT2D eigenvalue weighted by Crippen LogP contribution is -2.33. The summed E-state index contributed by atoms with van der Waals surface area (Å²) in [5.74, 6) is -0.830. The Morgan fingerprint density at radius 2 is 1.93 bits per heavy atom. The number of nitrogens with one attached hydrogen (secondary N) is 2. The Morgan fingerprint density at radius 1 is 1.20 bits per heavy atom. The Kier molecular flexibility index (Phi) is 15.9. The Hall–Kier alpha value is -4.64. The number of nitrogens with zero attached hydrogens (tertiary/aromatic N) is 5. The van der Waals surface area contributed by atoms with Crippen LogP contribution in [0.1, 0.15) is 24.6 Å². The van der Waals surface area contributed by atoms with Crippen LogP contribution in [0.15, 0.2) is 54.7 Å². The summed E-state index contributed by atoms with van der Waals surface area (Å²) >= 11 is 0. The van der Waals surface area contributed by atoms with Gasteiger partial charge in [0.05, 0.1) is 30.6 Å². The van der Waals surface area contributed by atoms with Gasteiger partial charge in [-0.05, 0) is 43.2 Å². The van der Waals surface area contributed by atoms with Crippen LogP contribution in [0.3, 0.4) is 0 Å². The number of terminal acetylenes is 1. The first-order valence-corrected chi connectivity index (χ1v) is 14.2. The number of anilines is 1. The second kappa shape index (κ2) is 19.6. The summed E-state index contributed by atoms with van der Waals surface area (Å²) in [7, 11) is 3.57. The van der Waals surface area contributed by atoms with E-state index in [9.17, 15) is 18.4 Å². The Balaban J connectivity index is 0.000000267. The molecule has 2 N–H and O–H groups in total. The van der Waals surface area contributed by atoms with Crippen molar-refractivity contribution in [3.05, 3.63) is 77.8 Å². The van der Waals surface area contributed by atoms with Crippen LogP contribution < -0.4 is 10.6 Å². The molecule has 2 aromatic heterocycles. The third-order valence-corrected chi connectivity index (χ3v) is 6.76. The lowest BCUT2D eigenvalue weighted by molar-refractivity contribution is -0.128. The maximum absolute atomic E-state index is 11.9. The van der Waals surface area contributed by atoms with Crippen molar-refractivity contribution in [1.82, 2.24) is 30.0 Å². The molecule has 2 aliphatic heterocycles. The van der Waals surface area contributed by atoms with Crippen LogP contribution in [0.25, 0.3) is 11.3 Å². The lowest BCUT2D eigenvalue weighted by atomic mass is 10.0. The van der Waals surface area contributed by atoms with E-state index in [2.05, 4.69) is 41.5 Å². The molecule has 0 saturated carbocycles. The molecule has 2 aliphatic rings. The summed E-state index contributed by atoms with van der Waals surface area (Å²) in [5.41, 5.74) is 4.40. The molecule has 1 fully saturated rings. The van der Waals surface area contributed by atoms with Crippen molar-refractivity contribution in [2.24, 2.45) is 0 Å². The van der Waals surface area contributed by atoms with Crippen molar-refractivity contribution in [3.63, 3.8) is 0 Å². The van der Waals surface area contributed by atoms with Gasteiger partial charge >= 0.3 is 0 Å². The van der Waals surface area contributed by atoms with Crippen LogP contribution in [-0.4, -0.2) is 96.6 Å². The van der Waals surface area contributed by atoms with Gasteiger partial charge in [0.25, 0.3) is 0 Å². The Bertz CT molecular complexity index is 1380. The molecule has 1 unspecified atom stereocenters. The Labute approximate surface area is 263 Å². The predicted molar refractivity (Wildman–Crippen MR) is 169 cm³/mol. The monoisotopic (exact) mass is 625 g/mol. The van der Waals surface area contributed by atoms with Gasteiger partial charge in [-0.3, -0.25) is 14.4 Å². The first-order valence-electron chi connectivity index (χ1n) is 14.2. The van der Waals surface area contributed by atoms with E-state index in [1.165, 1.54) is 17.8 Å². The standard InChI is InChI=1S/C18H22N4O.C7H14N2O3.C5H3F2N.C2H2/c1-13-17(15-9-11-21(12-10-15)14(2)23)20-22(18(13)19-3)16-7-5-4-6-8-16;1-11-3-2-9-4-7(5-12-9)8-6-10;6-4-2-1-3-8-5(4)7;1-2/h4-9,19H,10-12H2,1-3H3;6-7H,2-5H2,1H3,(H,8,10);1-3H;1-2H. The lowest BCUT2D eigenvalue weighted by Gasteiger charge is -2.24. The van der Waals surface area contributed by atoms with E-state index in [0.29, 0.717) is 26.2 Å². The van der Waals surface area contributed by atoms with Crippen molar-refractivity contribution in [2.75, 3.05) is 58.9 Å². The summed E-state index contributed by atoms with van der Waals surface area (Å²) < 4.78 is 30.5. The highest BCUT2D eigenvalue weighted by Gasteiger charge is 2.23. The fourth-order valence-electron chi connectivity index (χ4n) is 4.48. The number of hydrogen-bond acceptors (Lipinski definition) is 8. The number of para-hydroxylation sites is 1. The number of amides is 2. The maximum Gasteiger partial charge on any atom is 0.248 e. The minimum atomic E-state index is -1.05. The van der Waals surface area contributed by atoms with Crippen LogP contribution in [0.4, 0.5) is 14.6 Å². The number of hydrogen-bond donors (Lipinski definition) is 2. The highest BCUT2D eigenvalue weighted by atomic mass is 19.2. The molecule has 0 spiro atoms. The maximum atomic E-state index is 11.9. The summed E-state index contributed by atoms with van der Waals surface area (Å²) in [5, 5.41) is 12.5. The highest BCUT2D eigenvalue weighted by molar-refractivity contribution is 5.77. The quantitative estimate of drug-likeness (QED) is 0.222. The number of carbonyl (C=O) groups is 2. The zero-order chi connectivity index (χ0) is 33.2. The second-order valence-corrected chi connectivity index (χ2v) is 9.70. The minimum absolute atomic E-state index is 0.124. The van der Waals surface area contributed by atoms with Gasteiger partial charge in [-0.25, -0.2) is 14.1 Å². The summed E-state index contributed by atoms with van der Waals surface area (Å²) in [6.07, 6.45) is 12.9. The van der Waals surface area contributed by atoms with Gasteiger partial charge in [0, 0.05) is 59.0 Å². The SMILES string of the molecule is C#C.CNc1c(C)c(C2=CCN(C(C)=O)CC2)nn1-c1ccccc1.COCCN1CC(NC=O)CO1.Fc1cccnc1F. The van der Waals surface area contributed by atoms with E-state index in [0.717, 1.165) is 54.9 Å². The molecular formula is C32H41F2N7O4. The van der Waals surface area contributed by atoms with E-state index < -0.39 is 11.8 Å². The molecule has 13 heteroatoms. The smallest absolute Gasteiger partial charge is 0.248 e. The molecule has 0 aliphatic carbocycles. The van der Waals surface area contributed by atoms with Crippen molar-refractivity contribution in [3.8, 4) is 18.5 Å². The molecule has 3 aromatic rings. The van der Waals surface area contributed by atoms with Gasteiger partial charge in [-0.2, -0.15) is 14.6 Å². The zero-order valence-electron chi connectivity index (χ0n) is 26.1. The Morgan fingerprint density at radius 3 is 2.47 bits per heavy atom. The first kappa shape index (κ1) is 36.6. The van der Waals surface area contributed by atoms with Crippen LogP contribution >= 0.6 is 0 Å². The van der Waals surface area contributed by atoms with Crippen LogP contribution in [0, 0.1) is 31.5 Å². The molecule has 1 saturated heterocycles. The van der Waals surface area contributed by atoms with E-state index in [4.69, 9.17) is 14.7 Å². The summed E-state index contributed by atoms with van der Waals surface area (Å²) in [4.78, 5) is 31.7. The number of hydroxylamine groups is 2. The van der Waals surface area contributed by atoms with Gasteiger partial charge in [0.2, 0.25) is 18.3 Å². The van der Waals surface area contributed by atoms with Gasteiger partial charge < -0.3 is 20.3 Å². The topological polar surface area (TPSA) is 114 Å². The molecule has 45 heavy (non-hydrogen) atoms. The second-order valence-electron chi connectivity index (χ2n) is 9.70. The molecule has 242 valence electrons. The first-order chi connectivity index (χ1) is 21.8. The van der Waals surface area contributed by atoms with Crippen molar-refractivity contribution >= 4 is 23.7 Å². The van der Waals surface area contributed by atoms with E-state index in [1.54, 1.807) is 19.1 Å². The molecule has 0 bridgehead atoms. The van der Waals surface area contributed by atoms with Gasteiger partial charge in [0.15, 0.2) is 5.82 Å².